The predicted octanol–water partition coefficient (Wildman–Crippen LogP) is 6.01. The SMILES string of the molecule is Cc1ccc(S(=O)(=O)N(CC(=O)N/N=C\c2cc(C)n(-c3ccccc3F)c2C)c2ccc(C(C)C)cc2)cc1. The van der Waals surface area contributed by atoms with Crippen LogP contribution in [0.5, 0.6) is 0 Å². The van der Waals surface area contributed by atoms with Crippen molar-refractivity contribution in [1.29, 1.82) is 0 Å². The van der Waals surface area contributed by atoms with E-state index >= 15 is 0 Å². The molecule has 4 rings (SSSR count). The summed E-state index contributed by atoms with van der Waals surface area (Å²) >= 11 is 0. The van der Waals surface area contributed by atoms with E-state index in [0.29, 0.717) is 16.9 Å². The molecule has 0 aliphatic heterocycles. The summed E-state index contributed by atoms with van der Waals surface area (Å²) in [6.45, 7) is 9.19. The number of rotatable bonds is 9. The van der Waals surface area contributed by atoms with Gasteiger partial charge in [-0.2, -0.15) is 5.10 Å². The molecule has 0 saturated carbocycles. The minimum absolute atomic E-state index is 0.0860. The monoisotopic (exact) mass is 560 g/mol. The van der Waals surface area contributed by atoms with Crippen LogP contribution in [0.3, 0.4) is 0 Å². The van der Waals surface area contributed by atoms with Crippen molar-refractivity contribution >= 4 is 27.8 Å². The van der Waals surface area contributed by atoms with Gasteiger partial charge in [-0.3, -0.25) is 9.10 Å². The van der Waals surface area contributed by atoms with Crippen LogP contribution >= 0.6 is 0 Å². The van der Waals surface area contributed by atoms with Crippen molar-refractivity contribution in [2.45, 2.75) is 45.4 Å². The number of benzene rings is 3. The zero-order chi connectivity index (χ0) is 29.0. The molecule has 1 aromatic heterocycles. The molecule has 3 aromatic carbocycles. The minimum atomic E-state index is -4.04. The Labute approximate surface area is 235 Å². The van der Waals surface area contributed by atoms with Crippen molar-refractivity contribution in [2.75, 3.05) is 10.8 Å². The number of halogens is 1. The summed E-state index contributed by atoms with van der Waals surface area (Å²) in [5.41, 5.74) is 7.45. The molecule has 0 spiro atoms. The molecule has 1 amide bonds. The molecule has 7 nitrogen and oxygen atoms in total. The second-order valence-electron chi connectivity index (χ2n) is 9.98. The second kappa shape index (κ2) is 11.9. The summed E-state index contributed by atoms with van der Waals surface area (Å²) in [6, 6.07) is 21.9. The molecule has 0 aliphatic rings. The molecule has 0 atom stereocenters. The Morgan fingerprint density at radius 3 is 2.27 bits per heavy atom. The molecule has 0 bridgehead atoms. The molecule has 0 saturated heterocycles. The Kier molecular flexibility index (Phi) is 8.54. The molecule has 0 unspecified atom stereocenters. The van der Waals surface area contributed by atoms with Gasteiger partial charge in [0.1, 0.15) is 12.4 Å². The lowest BCUT2D eigenvalue weighted by molar-refractivity contribution is -0.119. The van der Waals surface area contributed by atoms with Gasteiger partial charge in [-0.15, -0.1) is 0 Å². The molecule has 9 heteroatoms. The maximum Gasteiger partial charge on any atom is 0.264 e. The molecular formula is C31H33FN4O3S. The summed E-state index contributed by atoms with van der Waals surface area (Å²) in [7, 11) is -4.04. The Balaban J connectivity index is 1.57. The van der Waals surface area contributed by atoms with E-state index in [-0.39, 0.29) is 16.6 Å². The van der Waals surface area contributed by atoms with Crippen LogP contribution in [0.1, 0.15) is 47.8 Å². The summed E-state index contributed by atoms with van der Waals surface area (Å²) < 4.78 is 44.5. The number of para-hydroxylation sites is 1. The Morgan fingerprint density at radius 2 is 1.65 bits per heavy atom. The normalized spacial score (nSPS) is 11.8. The fourth-order valence-corrected chi connectivity index (χ4v) is 5.86. The van der Waals surface area contributed by atoms with Crippen LogP contribution in [0.15, 0.2) is 88.9 Å². The third-order valence-corrected chi connectivity index (χ3v) is 8.49. The van der Waals surface area contributed by atoms with Crippen LogP contribution in [0.2, 0.25) is 0 Å². The molecule has 1 heterocycles. The summed E-state index contributed by atoms with van der Waals surface area (Å²) in [5.74, 6) is -0.686. The Morgan fingerprint density at radius 1 is 1.00 bits per heavy atom. The van der Waals surface area contributed by atoms with Gasteiger partial charge in [0.05, 0.1) is 22.5 Å². The van der Waals surface area contributed by atoms with E-state index < -0.39 is 22.5 Å². The van der Waals surface area contributed by atoms with E-state index in [2.05, 4.69) is 24.4 Å². The number of aryl methyl sites for hydroxylation is 2. The number of nitrogens with one attached hydrogen (secondary N) is 1. The Bertz CT molecular complexity index is 1640. The van der Waals surface area contributed by atoms with Crippen molar-refractivity contribution in [3.05, 3.63) is 113 Å². The fraction of sp³-hybridized carbons (Fsp3) is 0.226. The number of carbonyl (C=O) groups is 1. The molecule has 208 valence electrons. The minimum Gasteiger partial charge on any atom is -0.315 e. The van der Waals surface area contributed by atoms with Gasteiger partial charge >= 0.3 is 0 Å². The van der Waals surface area contributed by atoms with Crippen molar-refractivity contribution in [3.8, 4) is 5.69 Å². The largest absolute Gasteiger partial charge is 0.315 e. The Hall–Kier alpha value is -4.24. The lowest BCUT2D eigenvalue weighted by atomic mass is 10.0. The molecule has 0 aliphatic carbocycles. The number of hydrogen-bond donors (Lipinski definition) is 1. The topological polar surface area (TPSA) is 83.8 Å². The van der Waals surface area contributed by atoms with Gasteiger partial charge in [-0.25, -0.2) is 18.2 Å². The van der Waals surface area contributed by atoms with Gasteiger partial charge in [-0.1, -0.05) is 55.8 Å². The smallest absolute Gasteiger partial charge is 0.264 e. The summed E-state index contributed by atoms with van der Waals surface area (Å²) in [5, 5.41) is 4.07. The highest BCUT2D eigenvalue weighted by atomic mass is 32.2. The van der Waals surface area contributed by atoms with Gasteiger partial charge in [0.2, 0.25) is 0 Å². The van der Waals surface area contributed by atoms with Crippen LogP contribution < -0.4 is 9.73 Å². The average molecular weight is 561 g/mol. The quantitative estimate of drug-likeness (QED) is 0.201. The van der Waals surface area contributed by atoms with Crippen LogP contribution in [-0.4, -0.2) is 31.7 Å². The first-order chi connectivity index (χ1) is 19.0. The van der Waals surface area contributed by atoms with E-state index in [1.165, 1.54) is 24.4 Å². The summed E-state index contributed by atoms with van der Waals surface area (Å²) in [4.78, 5) is 13.0. The van der Waals surface area contributed by atoms with Gasteiger partial charge in [0.25, 0.3) is 15.9 Å². The highest BCUT2D eigenvalue weighted by Crippen LogP contribution is 2.26. The fourth-order valence-electron chi connectivity index (χ4n) is 4.44. The van der Waals surface area contributed by atoms with Gasteiger partial charge in [0, 0.05) is 17.0 Å². The molecule has 0 fully saturated rings. The average Bonchev–Trinajstić information content (AvgIpc) is 3.20. The predicted molar refractivity (Wildman–Crippen MR) is 157 cm³/mol. The standard InChI is InChI=1S/C31H33FN4O3S/c1-21(2)25-12-14-27(15-13-25)35(40(38,39)28-16-10-22(3)11-17-28)20-31(37)34-33-19-26-18-23(4)36(24(26)5)30-9-7-6-8-29(30)32/h6-19,21H,20H2,1-5H3,(H,34,37)/b33-19-. The first-order valence-electron chi connectivity index (χ1n) is 12.9. The number of amides is 1. The highest BCUT2D eigenvalue weighted by molar-refractivity contribution is 7.92. The van der Waals surface area contributed by atoms with Crippen LogP contribution in [0.4, 0.5) is 10.1 Å². The lowest BCUT2D eigenvalue weighted by Crippen LogP contribution is -2.39. The molecule has 40 heavy (non-hydrogen) atoms. The zero-order valence-corrected chi connectivity index (χ0v) is 24.0. The number of hydrazone groups is 1. The lowest BCUT2D eigenvalue weighted by Gasteiger charge is -2.24. The number of hydrogen-bond acceptors (Lipinski definition) is 4. The van der Waals surface area contributed by atoms with Gasteiger partial charge in [-0.05, 0) is 74.7 Å². The van der Waals surface area contributed by atoms with E-state index in [1.54, 1.807) is 47.0 Å². The number of carbonyl (C=O) groups excluding carboxylic acids is 1. The first kappa shape index (κ1) is 28.8. The van der Waals surface area contributed by atoms with E-state index in [1.807, 2.05) is 39.0 Å². The zero-order valence-electron chi connectivity index (χ0n) is 23.2. The van der Waals surface area contributed by atoms with Gasteiger partial charge < -0.3 is 4.57 Å². The van der Waals surface area contributed by atoms with E-state index in [9.17, 15) is 17.6 Å². The molecule has 0 radical (unpaired) electrons. The maximum absolute atomic E-state index is 14.4. The van der Waals surface area contributed by atoms with E-state index in [4.69, 9.17) is 0 Å². The number of sulfonamides is 1. The van der Waals surface area contributed by atoms with Crippen LogP contribution in [0, 0.1) is 26.6 Å². The first-order valence-corrected chi connectivity index (χ1v) is 14.4. The maximum atomic E-state index is 14.4. The molecule has 1 N–H and O–H groups in total. The van der Waals surface area contributed by atoms with Crippen molar-refractivity contribution in [2.24, 2.45) is 5.10 Å². The number of nitrogens with zero attached hydrogens (tertiary/aromatic N) is 3. The molecular weight excluding hydrogens is 527 g/mol. The van der Waals surface area contributed by atoms with Crippen LogP contribution in [0.25, 0.3) is 5.69 Å². The second-order valence-corrected chi connectivity index (χ2v) is 11.8. The number of anilines is 1. The third kappa shape index (κ3) is 6.15. The third-order valence-electron chi connectivity index (χ3n) is 6.70. The van der Waals surface area contributed by atoms with E-state index in [0.717, 1.165) is 26.8 Å². The van der Waals surface area contributed by atoms with Gasteiger partial charge in [0.15, 0.2) is 0 Å². The molecule has 4 aromatic rings. The van der Waals surface area contributed by atoms with Crippen molar-refractivity contribution in [3.63, 3.8) is 0 Å². The number of aromatic nitrogens is 1. The van der Waals surface area contributed by atoms with Crippen LogP contribution in [-0.2, 0) is 14.8 Å². The van der Waals surface area contributed by atoms with Crippen molar-refractivity contribution in [1.82, 2.24) is 9.99 Å². The van der Waals surface area contributed by atoms with Crippen molar-refractivity contribution < 1.29 is 17.6 Å². The summed E-state index contributed by atoms with van der Waals surface area (Å²) in [6.07, 6.45) is 1.47. The highest BCUT2D eigenvalue weighted by Gasteiger charge is 2.27.